The molecular formula is C29H35F4N5O4. The van der Waals surface area contributed by atoms with Crippen LogP contribution < -0.4 is 9.80 Å². The van der Waals surface area contributed by atoms with Crippen molar-refractivity contribution >= 4 is 23.4 Å². The van der Waals surface area contributed by atoms with Crippen molar-refractivity contribution < 1.29 is 37.0 Å². The van der Waals surface area contributed by atoms with Crippen LogP contribution in [0.5, 0.6) is 0 Å². The van der Waals surface area contributed by atoms with E-state index in [1.165, 1.54) is 18.1 Å². The smallest absolute Gasteiger partial charge is 0.416 e. The maximum Gasteiger partial charge on any atom is 0.416 e. The predicted octanol–water partition coefficient (Wildman–Crippen LogP) is 4.05. The number of hydrogen-bond acceptors (Lipinski definition) is 7. The molecule has 0 aliphatic carbocycles. The fraction of sp³-hybridized carbons (Fsp3) is 0.586. The average Bonchev–Trinajstić information content (AvgIpc) is 3.57. The lowest BCUT2D eigenvalue weighted by atomic mass is 9.91. The molecule has 3 aliphatic rings. The van der Waals surface area contributed by atoms with Crippen LogP contribution in [0.15, 0.2) is 30.5 Å². The standard InChI is InChI=1S/C29H35F4N5O4/c1-18-34-9-5-25(35-18)37-12-8-28(30,17-37)27(41)38-15-20(13-22(38)16-42-2)23-4-3-21(29(31,32)33)14-24(23)36-10-6-19(7-11-36)26(39)40/h3-5,9,14,19-20,22H,6-8,10-13,15-17H2,1-2H3,(H,39,40)/t20-,22+,28-/m1/s1. The largest absolute Gasteiger partial charge is 0.481 e. The van der Waals surface area contributed by atoms with Crippen molar-refractivity contribution in [2.45, 2.75) is 56.4 Å². The summed E-state index contributed by atoms with van der Waals surface area (Å²) in [5.41, 5.74) is -1.94. The normalized spacial score (nSPS) is 25.3. The molecule has 2 aromatic rings. The molecule has 1 aromatic heterocycles. The summed E-state index contributed by atoms with van der Waals surface area (Å²) in [4.78, 5) is 38.7. The molecule has 1 amide bonds. The number of nitrogens with zero attached hydrogens (tertiary/aromatic N) is 5. The molecule has 0 bridgehead atoms. The highest BCUT2D eigenvalue weighted by Gasteiger charge is 2.51. The summed E-state index contributed by atoms with van der Waals surface area (Å²) >= 11 is 0. The Hall–Kier alpha value is -3.48. The summed E-state index contributed by atoms with van der Waals surface area (Å²) in [6, 6.07) is 4.82. The van der Waals surface area contributed by atoms with Crippen LogP contribution in [0.25, 0.3) is 0 Å². The molecule has 0 spiro atoms. The number of anilines is 2. The number of amides is 1. The molecule has 228 valence electrons. The number of carboxylic acid groups (broad SMARTS) is 1. The Morgan fingerprint density at radius 2 is 1.88 bits per heavy atom. The van der Waals surface area contributed by atoms with Gasteiger partial charge in [0.15, 0.2) is 0 Å². The number of hydrogen-bond donors (Lipinski definition) is 1. The summed E-state index contributed by atoms with van der Waals surface area (Å²) in [5, 5.41) is 9.38. The van der Waals surface area contributed by atoms with Crippen LogP contribution in [-0.2, 0) is 20.5 Å². The second-order valence-corrected chi connectivity index (χ2v) is 11.5. The van der Waals surface area contributed by atoms with Crippen molar-refractivity contribution in [1.82, 2.24) is 14.9 Å². The second-order valence-electron chi connectivity index (χ2n) is 11.5. The monoisotopic (exact) mass is 593 g/mol. The number of methoxy groups -OCH3 is 1. The zero-order valence-electron chi connectivity index (χ0n) is 23.6. The number of rotatable bonds is 7. The van der Waals surface area contributed by atoms with E-state index in [-0.39, 0.29) is 32.0 Å². The summed E-state index contributed by atoms with van der Waals surface area (Å²) < 4.78 is 62.8. The number of alkyl halides is 4. The van der Waals surface area contributed by atoms with E-state index >= 15 is 4.39 Å². The molecular weight excluding hydrogens is 558 g/mol. The maximum absolute atomic E-state index is 16.3. The van der Waals surface area contributed by atoms with Gasteiger partial charge in [-0.25, -0.2) is 14.4 Å². The molecule has 13 heteroatoms. The fourth-order valence-corrected chi connectivity index (χ4v) is 6.47. The summed E-state index contributed by atoms with van der Waals surface area (Å²) in [6.45, 7) is 2.77. The third-order valence-corrected chi connectivity index (χ3v) is 8.70. The molecule has 0 saturated carbocycles. The average molecular weight is 594 g/mol. The lowest BCUT2D eigenvalue weighted by Gasteiger charge is -2.35. The quantitative estimate of drug-likeness (QED) is 0.481. The van der Waals surface area contributed by atoms with E-state index in [1.54, 1.807) is 29.0 Å². The Morgan fingerprint density at radius 3 is 2.52 bits per heavy atom. The van der Waals surface area contributed by atoms with Gasteiger partial charge in [0.25, 0.3) is 5.91 Å². The maximum atomic E-state index is 16.3. The lowest BCUT2D eigenvalue weighted by molar-refractivity contribution is -0.144. The highest BCUT2D eigenvalue weighted by Crippen LogP contribution is 2.43. The van der Waals surface area contributed by atoms with Crippen LogP contribution in [0.4, 0.5) is 29.1 Å². The van der Waals surface area contributed by atoms with Crippen LogP contribution in [0, 0.1) is 12.8 Å². The minimum atomic E-state index is -4.56. The van der Waals surface area contributed by atoms with Crippen molar-refractivity contribution in [3.63, 3.8) is 0 Å². The van der Waals surface area contributed by atoms with E-state index < -0.39 is 41.2 Å². The Labute approximate surface area is 241 Å². The SMILES string of the molecule is COC[C@@H]1C[C@@H](c2ccc(C(F)(F)F)cc2N2CCC(C(=O)O)CC2)CN1C(=O)[C@@]1(F)CCN(c2ccnc(C)n2)C1. The van der Waals surface area contributed by atoms with Gasteiger partial charge in [0.2, 0.25) is 5.67 Å². The van der Waals surface area contributed by atoms with E-state index in [2.05, 4.69) is 9.97 Å². The predicted molar refractivity (Wildman–Crippen MR) is 146 cm³/mol. The molecule has 1 aromatic carbocycles. The zero-order valence-corrected chi connectivity index (χ0v) is 23.6. The number of carboxylic acids is 1. The Morgan fingerprint density at radius 1 is 1.14 bits per heavy atom. The van der Waals surface area contributed by atoms with Crippen molar-refractivity contribution in [3.8, 4) is 0 Å². The van der Waals surface area contributed by atoms with Crippen molar-refractivity contribution in [2.75, 3.05) is 56.2 Å². The number of aryl methyl sites for hydroxylation is 1. The van der Waals surface area contributed by atoms with Gasteiger partial charge in [-0.2, -0.15) is 13.2 Å². The van der Waals surface area contributed by atoms with Crippen molar-refractivity contribution in [1.29, 1.82) is 0 Å². The van der Waals surface area contributed by atoms with E-state index in [0.717, 1.165) is 12.1 Å². The zero-order chi connectivity index (χ0) is 30.2. The Bertz CT molecular complexity index is 1320. The number of aliphatic carboxylic acids is 1. The van der Waals surface area contributed by atoms with Crippen molar-refractivity contribution in [3.05, 3.63) is 47.4 Å². The van der Waals surface area contributed by atoms with Gasteiger partial charge < -0.3 is 24.5 Å². The van der Waals surface area contributed by atoms with Gasteiger partial charge in [-0.3, -0.25) is 9.59 Å². The lowest BCUT2D eigenvalue weighted by Crippen LogP contribution is -2.50. The van der Waals surface area contributed by atoms with Crippen molar-refractivity contribution in [2.24, 2.45) is 5.92 Å². The molecule has 3 atom stereocenters. The van der Waals surface area contributed by atoms with Gasteiger partial charge in [-0.1, -0.05) is 6.07 Å². The van der Waals surface area contributed by atoms with Gasteiger partial charge >= 0.3 is 12.1 Å². The number of aromatic nitrogens is 2. The highest BCUT2D eigenvalue weighted by molar-refractivity contribution is 5.87. The number of piperidine rings is 1. The number of carbonyl (C=O) groups excluding carboxylic acids is 1. The first-order valence-electron chi connectivity index (χ1n) is 14.1. The first-order valence-corrected chi connectivity index (χ1v) is 14.1. The first-order chi connectivity index (χ1) is 19.9. The number of halogens is 4. The van der Waals surface area contributed by atoms with Crippen LogP contribution in [0.1, 0.15) is 48.6 Å². The summed E-state index contributed by atoms with van der Waals surface area (Å²) in [6.07, 6.45) is -1.95. The molecule has 0 unspecified atom stereocenters. The molecule has 4 heterocycles. The molecule has 0 radical (unpaired) electrons. The van der Waals surface area contributed by atoms with Crippen LogP contribution >= 0.6 is 0 Å². The van der Waals surface area contributed by atoms with Gasteiger partial charge in [-0.05, 0) is 49.9 Å². The Balaban J connectivity index is 1.40. The Kier molecular flexibility index (Phi) is 8.32. The minimum Gasteiger partial charge on any atom is -0.481 e. The van der Waals surface area contributed by atoms with E-state index in [4.69, 9.17) is 4.74 Å². The van der Waals surface area contributed by atoms with Crippen LogP contribution in [-0.4, -0.2) is 90.0 Å². The van der Waals surface area contributed by atoms with Crippen LogP contribution in [0.2, 0.25) is 0 Å². The molecule has 9 nitrogen and oxygen atoms in total. The fourth-order valence-electron chi connectivity index (χ4n) is 6.47. The van der Waals surface area contributed by atoms with Gasteiger partial charge in [0.05, 0.1) is 30.7 Å². The third-order valence-electron chi connectivity index (χ3n) is 8.70. The van der Waals surface area contributed by atoms with Gasteiger partial charge in [0, 0.05) is 57.5 Å². The topological polar surface area (TPSA) is 99.1 Å². The number of carbonyl (C=O) groups is 2. The number of likely N-dealkylation sites (tertiary alicyclic amines) is 1. The third kappa shape index (κ3) is 6.02. The molecule has 3 aliphatic heterocycles. The highest BCUT2D eigenvalue weighted by atomic mass is 19.4. The first kappa shape index (κ1) is 30.0. The second kappa shape index (κ2) is 11.7. The minimum absolute atomic E-state index is 0.0141. The van der Waals surface area contributed by atoms with E-state index in [1.807, 2.05) is 0 Å². The molecule has 5 rings (SSSR count). The molecule has 3 fully saturated rings. The van der Waals surface area contributed by atoms with Crippen LogP contribution in [0.3, 0.4) is 0 Å². The van der Waals surface area contributed by atoms with E-state index in [9.17, 15) is 27.9 Å². The van der Waals surface area contributed by atoms with Gasteiger partial charge in [-0.15, -0.1) is 0 Å². The number of ether oxygens (including phenoxy) is 1. The number of benzene rings is 1. The molecule has 3 saturated heterocycles. The van der Waals surface area contributed by atoms with E-state index in [0.29, 0.717) is 61.8 Å². The summed E-state index contributed by atoms with van der Waals surface area (Å²) in [5.74, 6) is -1.38. The summed E-state index contributed by atoms with van der Waals surface area (Å²) in [7, 11) is 1.49. The van der Waals surface area contributed by atoms with Gasteiger partial charge in [0.1, 0.15) is 11.6 Å². The molecule has 42 heavy (non-hydrogen) atoms. The molecule has 1 N–H and O–H groups in total.